The van der Waals surface area contributed by atoms with Crippen LogP contribution in [0.1, 0.15) is 37.5 Å². The lowest BCUT2D eigenvalue weighted by molar-refractivity contribution is -0.129. The number of carbonyl (C=O) groups is 2. The average Bonchev–Trinajstić information content (AvgIpc) is 3.05. The van der Waals surface area contributed by atoms with Crippen molar-refractivity contribution in [3.8, 4) is 0 Å². The lowest BCUT2D eigenvalue weighted by Crippen LogP contribution is -2.49. The summed E-state index contributed by atoms with van der Waals surface area (Å²) in [4.78, 5) is 24.6. The molecule has 1 saturated carbocycles. The van der Waals surface area contributed by atoms with Gasteiger partial charge in [0.25, 0.3) is 0 Å². The van der Waals surface area contributed by atoms with Crippen LogP contribution in [-0.4, -0.2) is 17.9 Å². The van der Waals surface area contributed by atoms with E-state index >= 15 is 0 Å². The fourth-order valence-corrected chi connectivity index (χ4v) is 3.25. The third-order valence-electron chi connectivity index (χ3n) is 3.53. The Bertz CT molecular complexity index is 425. The molecule has 1 fully saturated rings. The van der Waals surface area contributed by atoms with Crippen molar-refractivity contribution in [2.75, 3.05) is 0 Å². The second-order valence-electron chi connectivity index (χ2n) is 5.02. The molecule has 0 aromatic carbocycles. The van der Waals surface area contributed by atoms with E-state index < -0.39 is 0 Å². The smallest absolute Gasteiger partial charge is 0.243 e. The minimum atomic E-state index is -0.375. The Morgan fingerprint density at radius 3 is 2.74 bits per heavy atom. The first kappa shape index (κ1) is 14.1. The zero-order chi connectivity index (χ0) is 13.7. The quantitative estimate of drug-likeness (QED) is 0.867. The normalized spacial score (nSPS) is 17.1. The molecule has 1 aromatic heterocycles. The molecule has 0 bridgehead atoms. The van der Waals surface area contributed by atoms with Crippen molar-refractivity contribution in [3.05, 3.63) is 22.4 Å². The highest BCUT2D eigenvalue weighted by Gasteiger charge is 2.31. The van der Waals surface area contributed by atoms with E-state index in [0.29, 0.717) is 6.54 Å². The maximum absolute atomic E-state index is 12.2. The van der Waals surface area contributed by atoms with Gasteiger partial charge in [0.2, 0.25) is 11.8 Å². The van der Waals surface area contributed by atoms with E-state index in [-0.39, 0.29) is 23.8 Å². The summed E-state index contributed by atoms with van der Waals surface area (Å²) in [5.41, 5.74) is 0. The lowest BCUT2D eigenvalue weighted by Gasteiger charge is -2.23. The highest BCUT2D eigenvalue weighted by molar-refractivity contribution is 7.09. The van der Waals surface area contributed by atoms with Crippen LogP contribution in [0, 0.1) is 5.92 Å². The molecule has 4 nitrogen and oxygen atoms in total. The standard InChI is InChI=1S/C14H20N2O2S/c1-10(17)16-13(11-5-2-3-6-11)14(18)15-9-12-7-4-8-19-12/h4,7-8,11,13H,2-3,5-6,9H2,1H3,(H,15,18)(H,16,17)/t13-/m0/s1. The molecule has 0 radical (unpaired) electrons. The first-order valence-corrected chi connectivity index (χ1v) is 7.62. The second-order valence-corrected chi connectivity index (χ2v) is 6.05. The summed E-state index contributed by atoms with van der Waals surface area (Å²) in [6.07, 6.45) is 4.35. The van der Waals surface area contributed by atoms with Crippen LogP contribution < -0.4 is 10.6 Å². The number of thiophene rings is 1. The van der Waals surface area contributed by atoms with Gasteiger partial charge >= 0.3 is 0 Å². The van der Waals surface area contributed by atoms with E-state index in [1.54, 1.807) is 11.3 Å². The molecule has 1 aromatic rings. The van der Waals surface area contributed by atoms with Crippen molar-refractivity contribution >= 4 is 23.2 Å². The summed E-state index contributed by atoms with van der Waals surface area (Å²) in [5, 5.41) is 7.72. The molecule has 1 atom stereocenters. The molecule has 2 rings (SSSR count). The van der Waals surface area contributed by atoms with Crippen LogP contribution in [0.25, 0.3) is 0 Å². The minimum absolute atomic E-state index is 0.0597. The monoisotopic (exact) mass is 280 g/mol. The van der Waals surface area contributed by atoms with Gasteiger partial charge in [-0.2, -0.15) is 0 Å². The molecule has 19 heavy (non-hydrogen) atoms. The molecule has 0 saturated heterocycles. The van der Waals surface area contributed by atoms with Gasteiger partial charge in [0.15, 0.2) is 0 Å². The number of hydrogen-bond acceptors (Lipinski definition) is 3. The van der Waals surface area contributed by atoms with E-state index in [4.69, 9.17) is 0 Å². The highest BCUT2D eigenvalue weighted by atomic mass is 32.1. The van der Waals surface area contributed by atoms with Crippen molar-refractivity contribution in [1.29, 1.82) is 0 Å². The van der Waals surface area contributed by atoms with E-state index in [0.717, 1.165) is 30.6 Å². The molecular formula is C14H20N2O2S. The Morgan fingerprint density at radius 2 is 2.16 bits per heavy atom. The first-order chi connectivity index (χ1) is 9.16. The van der Waals surface area contributed by atoms with Gasteiger partial charge in [-0.1, -0.05) is 18.9 Å². The van der Waals surface area contributed by atoms with E-state index in [1.807, 2.05) is 17.5 Å². The highest BCUT2D eigenvalue weighted by Crippen LogP contribution is 2.28. The zero-order valence-electron chi connectivity index (χ0n) is 11.1. The molecule has 1 aliphatic carbocycles. The van der Waals surface area contributed by atoms with Crippen LogP contribution in [0.2, 0.25) is 0 Å². The fourth-order valence-electron chi connectivity index (χ4n) is 2.60. The van der Waals surface area contributed by atoms with Crippen LogP contribution in [0.15, 0.2) is 17.5 Å². The molecule has 0 spiro atoms. The topological polar surface area (TPSA) is 58.2 Å². The van der Waals surface area contributed by atoms with Gasteiger partial charge in [0.05, 0.1) is 6.54 Å². The fraction of sp³-hybridized carbons (Fsp3) is 0.571. The molecular weight excluding hydrogens is 260 g/mol. The molecule has 1 aliphatic rings. The summed E-state index contributed by atoms with van der Waals surface area (Å²) in [7, 11) is 0. The number of hydrogen-bond donors (Lipinski definition) is 2. The van der Waals surface area contributed by atoms with Gasteiger partial charge in [-0.25, -0.2) is 0 Å². The Labute approximate surface area is 117 Å². The van der Waals surface area contributed by atoms with Crippen molar-refractivity contribution < 1.29 is 9.59 Å². The predicted octanol–water partition coefficient (Wildman–Crippen LogP) is 2.06. The molecule has 1 heterocycles. The predicted molar refractivity (Wildman–Crippen MR) is 75.7 cm³/mol. The summed E-state index contributed by atoms with van der Waals surface area (Å²) in [5.74, 6) is 0.0888. The number of amides is 2. The Morgan fingerprint density at radius 1 is 1.42 bits per heavy atom. The first-order valence-electron chi connectivity index (χ1n) is 6.74. The number of rotatable bonds is 5. The van der Waals surface area contributed by atoms with Gasteiger partial charge in [0.1, 0.15) is 6.04 Å². The molecule has 2 N–H and O–H groups in total. The van der Waals surface area contributed by atoms with E-state index in [9.17, 15) is 9.59 Å². The summed E-state index contributed by atoms with van der Waals surface area (Å²) >= 11 is 1.62. The van der Waals surface area contributed by atoms with Gasteiger partial charge < -0.3 is 10.6 Å². The molecule has 104 valence electrons. The van der Waals surface area contributed by atoms with Crippen LogP contribution >= 0.6 is 11.3 Å². The average molecular weight is 280 g/mol. The molecule has 0 aliphatic heterocycles. The van der Waals surface area contributed by atoms with Crippen molar-refractivity contribution in [3.63, 3.8) is 0 Å². The second kappa shape index (κ2) is 6.70. The Balaban J connectivity index is 1.92. The maximum Gasteiger partial charge on any atom is 0.243 e. The van der Waals surface area contributed by atoms with Crippen molar-refractivity contribution in [1.82, 2.24) is 10.6 Å². The maximum atomic E-state index is 12.2. The van der Waals surface area contributed by atoms with Crippen LogP contribution in [0.5, 0.6) is 0 Å². The van der Waals surface area contributed by atoms with E-state index in [1.165, 1.54) is 6.92 Å². The molecule has 2 amide bonds. The number of carbonyl (C=O) groups excluding carboxylic acids is 2. The van der Waals surface area contributed by atoms with Gasteiger partial charge in [0, 0.05) is 11.8 Å². The van der Waals surface area contributed by atoms with Crippen molar-refractivity contribution in [2.45, 2.75) is 45.2 Å². The van der Waals surface area contributed by atoms with Gasteiger partial charge in [-0.05, 0) is 30.2 Å². The summed E-state index contributed by atoms with van der Waals surface area (Å²) < 4.78 is 0. The zero-order valence-corrected chi connectivity index (χ0v) is 12.0. The minimum Gasteiger partial charge on any atom is -0.349 e. The summed E-state index contributed by atoms with van der Waals surface area (Å²) in [6.45, 7) is 2.01. The van der Waals surface area contributed by atoms with Crippen LogP contribution in [0.4, 0.5) is 0 Å². The third kappa shape index (κ3) is 4.06. The largest absolute Gasteiger partial charge is 0.349 e. The molecule has 0 unspecified atom stereocenters. The van der Waals surface area contributed by atoms with Crippen LogP contribution in [0.3, 0.4) is 0 Å². The SMILES string of the molecule is CC(=O)N[C@H](C(=O)NCc1cccs1)C1CCCC1. The number of nitrogens with one attached hydrogen (secondary N) is 2. The third-order valence-corrected chi connectivity index (χ3v) is 4.41. The van der Waals surface area contributed by atoms with Crippen LogP contribution in [-0.2, 0) is 16.1 Å². The van der Waals surface area contributed by atoms with Gasteiger partial charge in [-0.15, -0.1) is 11.3 Å². The van der Waals surface area contributed by atoms with Crippen molar-refractivity contribution in [2.24, 2.45) is 5.92 Å². The van der Waals surface area contributed by atoms with E-state index in [2.05, 4.69) is 10.6 Å². The lowest BCUT2D eigenvalue weighted by atomic mass is 9.97. The Kier molecular flexibility index (Phi) is 4.96. The summed E-state index contributed by atoms with van der Waals surface area (Å²) in [6, 6.07) is 3.59. The molecule has 5 heteroatoms. The van der Waals surface area contributed by atoms with Gasteiger partial charge in [-0.3, -0.25) is 9.59 Å². The Hall–Kier alpha value is -1.36.